The van der Waals surface area contributed by atoms with Crippen molar-refractivity contribution in [1.82, 2.24) is 9.80 Å². The van der Waals surface area contributed by atoms with Crippen molar-refractivity contribution in [3.05, 3.63) is 34.7 Å². The summed E-state index contributed by atoms with van der Waals surface area (Å²) in [6.07, 6.45) is 5.65. The van der Waals surface area contributed by atoms with E-state index in [2.05, 4.69) is 0 Å². The van der Waals surface area contributed by atoms with Crippen molar-refractivity contribution >= 4 is 46.2 Å². The topological polar surface area (TPSA) is 70.1 Å². The van der Waals surface area contributed by atoms with E-state index in [0.29, 0.717) is 15.6 Å². The molecule has 2 amide bonds. The molecule has 0 saturated carbocycles. The second-order valence-corrected chi connectivity index (χ2v) is 8.78. The summed E-state index contributed by atoms with van der Waals surface area (Å²) in [5, 5.41) is 9.25. The number of thiocarbonyl (C=S) groups is 1. The Morgan fingerprint density at radius 3 is 2.79 bits per heavy atom. The highest BCUT2D eigenvalue weighted by Crippen LogP contribution is 2.33. The van der Waals surface area contributed by atoms with Crippen molar-refractivity contribution in [1.29, 1.82) is 0 Å². The number of hydrogen-bond donors (Lipinski definition) is 1. The summed E-state index contributed by atoms with van der Waals surface area (Å²) in [5.74, 6) is 0.621. The number of piperidine rings is 1. The number of hydrogen-bond acceptors (Lipinski definition) is 6. The number of aliphatic hydroxyl groups is 1. The molecule has 1 aromatic rings. The van der Waals surface area contributed by atoms with Crippen molar-refractivity contribution in [3.8, 4) is 5.75 Å². The van der Waals surface area contributed by atoms with Crippen molar-refractivity contribution in [2.24, 2.45) is 0 Å². The van der Waals surface area contributed by atoms with Gasteiger partial charge >= 0.3 is 0 Å². The third-order valence-corrected chi connectivity index (χ3v) is 6.62. The first kappa shape index (κ1) is 21.8. The largest absolute Gasteiger partial charge is 0.497 e. The Morgan fingerprint density at radius 1 is 1.34 bits per heavy atom. The molecule has 2 aliphatic rings. The molecule has 0 spiro atoms. The Labute approximate surface area is 180 Å². The summed E-state index contributed by atoms with van der Waals surface area (Å²) in [4.78, 5) is 29.4. The molecule has 0 unspecified atom stereocenters. The van der Waals surface area contributed by atoms with E-state index in [0.717, 1.165) is 37.1 Å². The number of carbonyl (C=O) groups is 2. The fourth-order valence-corrected chi connectivity index (χ4v) is 4.98. The maximum Gasteiger partial charge on any atom is 0.266 e. The number of rotatable bonds is 7. The monoisotopic (exact) mass is 434 g/mol. The molecular formula is C21H26N2O4S2. The highest BCUT2D eigenvalue weighted by atomic mass is 32.2. The lowest BCUT2D eigenvalue weighted by Crippen LogP contribution is -2.45. The van der Waals surface area contributed by atoms with Crippen molar-refractivity contribution in [2.75, 3.05) is 26.8 Å². The minimum absolute atomic E-state index is 0.0244. The number of methoxy groups -OCH3 is 1. The van der Waals surface area contributed by atoms with Gasteiger partial charge in [0.2, 0.25) is 5.91 Å². The molecule has 0 bridgehead atoms. The normalized spacial score (nSPS) is 21.2. The molecule has 8 heteroatoms. The fourth-order valence-electron chi connectivity index (χ4n) is 3.67. The number of amides is 2. The summed E-state index contributed by atoms with van der Waals surface area (Å²) < 4.78 is 5.63. The summed E-state index contributed by atoms with van der Waals surface area (Å²) in [7, 11) is 1.61. The number of nitrogens with zero attached hydrogens (tertiary/aromatic N) is 2. The molecule has 1 aromatic carbocycles. The fraction of sp³-hybridized carbons (Fsp3) is 0.476. The van der Waals surface area contributed by atoms with Crippen LogP contribution in [0.4, 0.5) is 0 Å². The Kier molecular flexibility index (Phi) is 7.69. The van der Waals surface area contributed by atoms with Gasteiger partial charge in [0.05, 0.1) is 12.0 Å². The molecule has 2 saturated heterocycles. The number of thioether (sulfide) groups is 1. The average molecular weight is 435 g/mol. The lowest BCUT2D eigenvalue weighted by atomic mass is 9.99. The summed E-state index contributed by atoms with van der Waals surface area (Å²) in [6.45, 7) is 1.09. The van der Waals surface area contributed by atoms with Gasteiger partial charge in [0.15, 0.2) is 0 Å². The molecule has 29 heavy (non-hydrogen) atoms. The molecule has 156 valence electrons. The van der Waals surface area contributed by atoms with E-state index in [9.17, 15) is 14.7 Å². The second kappa shape index (κ2) is 10.2. The van der Waals surface area contributed by atoms with Gasteiger partial charge in [0, 0.05) is 32.2 Å². The van der Waals surface area contributed by atoms with Crippen LogP contribution in [0.2, 0.25) is 0 Å². The van der Waals surface area contributed by atoms with Gasteiger partial charge in [-0.1, -0.05) is 36.1 Å². The van der Waals surface area contributed by atoms with E-state index in [1.807, 2.05) is 35.2 Å². The molecule has 0 radical (unpaired) electrons. The zero-order valence-corrected chi connectivity index (χ0v) is 18.1. The van der Waals surface area contributed by atoms with Crippen molar-refractivity contribution in [2.45, 2.75) is 38.1 Å². The van der Waals surface area contributed by atoms with Crippen molar-refractivity contribution < 1.29 is 19.4 Å². The standard InChI is InChI=1S/C21H26N2O4S2/c1-27-17-7-5-15(6-8-17)14-18-20(26)23(21(28)29-18)12-9-19(25)22-11-3-2-4-16(22)10-13-24/h5-8,14,16,24H,2-4,9-13H2,1H3/b18-14-/t16-/m0/s1. The third kappa shape index (κ3) is 5.38. The molecule has 2 fully saturated rings. The first-order valence-corrected chi connectivity index (χ1v) is 11.1. The number of aliphatic hydroxyl groups excluding tert-OH is 1. The molecule has 0 aromatic heterocycles. The highest BCUT2D eigenvalue weighted by Gasteiger charge is 2.33. The van der Waals surface area contributed by atoms with Gasteiger partial charge in [-0.15, -0.1) is 0 Å². The highest BCUT2D eigenvalue weighted by molar-refractivity contribution is 8.26. The predicted octanol–water partition coefficient (Wildman–Crippen LogP) is 3.05. The number of likely N-dealkylation sites (tertiary alicyclic amines) is 1. The zero-order valence-electron chi connectivity index (χ0n) is 16.5. The second-order valence-electron chi connectivity index (χ2n) is 7.11. The first-order chi connectivity index (χ1) is 14.0. The molecule has 1 atom stereocenters. The smallest absolute Gasteiger partial charge is 0.266 e. The SMILES string of the molecule is COc1ccc(/C=C2\SC(=S)N(CCC(=O)N3CCCC[C@H]3CCO)C2=O)cc1. The van der Waals surface area contributed by atoms with E-state index >= 15 is 0 Å². The minimum atomic E-state index is -0.158. The summed E-state index contributed by atoms with van der Waals surface area (Å²) in [6, 6.07) is 7.54. The Morgan fingerprint density at radius 2 is 2.10 bits per heavy atom. The Bertz CT molecular complexity index is 792. The van der Waals surface area contributed by atoms with Crippen LogP contribution in [0.15, 0.2) is 29.2 Å². The van der Waals surface area contributed by atoms with E-state index in [1.165, 1.54) is 16.7 Å². The van der Waals surface area contributed by atoms with E-state index in [1.54, 1.807) is 7.11 Å². The van der Waals surface area contributed by atoms with Crippen LogP contribution in [-0.2, 0) is 9.59 Å². The molecule has 0 aliphatic carbocycles. The molecule has 1 N–H and O–H groups in total. The van der Waals surface area contributed by atoms with E-state index in [4.69, 9.17) is 17.0 Å². The average Bonchev–Trinajstić information content (AvgIpc) is 3.00. The Balaban J connectivity index is 1.61. The van der Waals surface area contributed by atoms with Crippen LogP contribution in [0.1, 0.15) is 37.7 Å². The Hall–Kier alpha value is -1.90. The van der Waals surface area contributed by atoms with Gasteiger partial charge in [-0.25, -0.2) is 0 Å². The number of ether oxygens (including phenoxy) is 1. The van der Waals surface area contributed by atoms with Crippen LogP contribution in [-0.4, -0.2) is 63.9 Å². The van der Waals surface area contributed by atoms with Gasteiger partial charge in [0.25, 0.3) is 5.91 Å². The van der Waals surface area contributed by atoms with Crippen LogP contribution in [0.3, 0.4) is 0 Å². The maximum absolute atomic E-state index is 12.8. The number of benzene rings is 1. The number of carbonyl (C=O) groups excluding carboxylic acids is 2. The maximum atomic E-state index is 12.8. The molecule has 3 rings (SSSR count). The van der Waals surface area contributed by atoms with Gasteiger partial charge in [-0.05, 0) is 49.5 Å². The van der Waals surface area contributed by atoms with Crippen LogP contribution < -0.4 is 4.74 Å². The van der Waals surface area contributed by atoms with Crippen molar-refractivity contribution in [3.63, 3.8) is 0 Å². The molecule has 6 nitrogen and oxygen atoms in total. The molecular weight excluding hydrogens is 408 g/mol. The summed E-state index contributed by atoms with van der Waals surface area (Å²) >= 11 is 6.64. The first-order valence-electron chi connectivity index (χ1n) is 9.83. The predicted molar refractivity (Wildman–Crippen MR) is 119 cm³/mol. The van der Waals surface area contributed by atoms with E-state index in [-0.39, 0.29) is 37.4 Å². The van der Waals surface area contributed by atoms with Crippen LogP contribution >= 0.6 is 24.0 Å². The third-order valence-electron chi connectivity index (χ3n) is 5.25. The minimum Gasteiger partial charge on any atom is -0.497 e. The van der Waals surface area contributed by atoms with Gasteiger partial charge in [-0.2, -0.15) is 0 Å². The lowest BCUT2D eigenvalue weighted by Gasteiger charge is -2.36. The van der Waals surface area contributed by atoms with Crippen LogP contribution in [0, 0.1) is 0 Å². The lowest BCUT2D eigenvalue weighted by molar-refractivity contribution is -0.135. The van der Waals surface area contributed by atoms with Gasteiger partial charge in [-0.3, -0.25) is 14.5 Å². The van der Waals surface area contributed by atoms with E-state index < -0.39 is 0 Å². The zero-order chi connectivity index (χ0) is 20.8. The van der Waals surface area contributed by atoms with Gasteiger partial charge in [0.1, 0.15) is 10.1 Å². The van der Waals surface area contributed by atoms with Gasteiger partial charge < -0.3 is 14.7 Å². The molecule has 2 heterocycles. The van der Waals surface area contributed by atoms with Crippen LogP contribution in [0.5, 0.6) is 5.75 Å². The van der Waals surface area contributed by atoms with Crippen LogP contribution in [0.25, 0.3) is 6.08 Å². The quantitative estimate of drug-likeness (QED) is 0.525. The molecule has 2 aliphatic heterocycles. The summed E-state index contributed by atoms with van der Waals surface area (Å²) in [5.41, 5.74) is 0.891.